The maximum Gasteiger partial charge on any atom is 0.241 e. The van der Waals surface area contributed by atoms with Crippen LogP contribution in [0.4, 0.5) is 4.39 Å². The zero-order valence-corrected chi connectivity index (χ0v) is 13.8. The molecule has 0 spiro atoms. The molecule has 0 bridgehead atoms. The fourth-order valence-corrected chi connectivity index (χ4v) is 3.45. The van der Waals surface area contributed by atoms with Gasteiger partial charge in [0.05, 0.1) is 16.1 Å². The molecule has 0 radical (unpaired) electrons. The van der Waals surface area contributed by atoms with Crippen LogP contribution < -0.4 is 10.5 Å². The van der Waals surface area contributed by atoms with E-state index >= 15 is 0 Å². The highest BCUT2D eigenvalue weighted by Gasteiger charge is 2.26. The molecule has 1 aromatic rings. The number of hydrogen-bond acceptors (Lipinski definition) is 4. The molecule has 0 fully saturated rings. The van der Waals surface area contributed by atoms with E-state index in [2.05, 4.69) is 4.72 Å². The van der Waals surface area contributed by atoms with Crippen molar-refractivity contribution in [1.82, 2.24) is 4.72 Å². The highest BCUT2D eigenvalue weighted by molar-refractivity contribution is 7.89. The zero-order valence-electron chi connectivity index (χ0n) is 12.1. The molecule has 1 rings (SSSR count). The van der Waals surface area contributed by atoms with Crippen molar-refractivity contribution in [2.45, 2.75) is 31.3 Å². The van der Waals surface area contributed by atoms with Gasteiger partial charge in [0, 0.05) is 13.2 Å². The van der Waals surface area contributed by atoms with Gasteiger partial charge in [-0.25, -0.2) is 17.5 Å². The molecule has 5 nitrogen and oxygen atoms in total. The van der Waals surface area contributed by atoms with Gasteiger partial charge in [-0.05, 0) is 32.9 Å². The van der Waals surface area contributed by atoms with Crippen molar-refractivity contribution in [2.75, 3.05) is 13.2 Å². The van der Waals surface area contributed by atoms with Gasteiger partial charge in [-0.3, -0.25) is 0 Å². The summed E-state index contributed by atoms with van der Waals surface area (Å²) in [5.74, 6) is -0.769. The molecule has 0 aliphatic heterocycles. The molecule has 0 saturated heterocycles. The van der Waals surface area contributed by atoms with E-state index in [9.17, 15) is 12.8 Å². The third-order valence-electron chi connectivity index (χ3n) is 2.73. The van der Waals surface area contributed by atoms with Crippen molar-refractivity contribution in [3.05, 3.63) is 29.6 Å². The fraction of sp³-hybridized carbons (Fsp3) is 0.462. The van der Waals surface area contributed by atoms with Crippen molar-refractivity contribution < 1.29 is 17.5 Å². The molecule has 0 aliphatic carbocycles. The van der Waals surface area contributed by atoms with Gasteiger partial charge in [-0.1, -0.05) is 18.3 Å². The van der Waals surface area contributed by atoms with E-state index in [4.69, 9.17) is 22.7 Å². The number of nitrogens with one attached hydrogen (secondary N) is 1. The number of nitrogens with two attached hydrogens (primary N) is 1. The van der Waals surface area contributed by atoms with Crippen molar-refractivity contribution in [1.29, 1.82) is 0 Å². The first-order chi connectivity index (χ1) is 9.60. The highest BCUT2D eigenvalue weighted by Crippen LogP contribution is 2.19. The molecule has 0 atom stereocenters. The summed E-state index contributed by atoms with van der Waals surface area (Å²) < 4.78 is 46.2. The molecule has 0 aliphatic rings. The second-order valence-electron chi connectivity index (χ2n) is 4.99. The Bertz CT molecular complexity index is 630. The van der Waals surface area contributed by atoms with Gasteiger partial charge in [-0.2, -0.15) is 0 Å². The first kappa shape index (κ1) is 18.0. The Morgan fingerprint density at radius 2 is 2.10 bits per heavy atom. The molecule has 0 saturated carbocycles. The molecule has 0 unspecified atom stereocenters. The summed E-state index contributed by atoms with van der Waals surface area (Å²) in [6.45, 7) is 5.80. The molecule has 1 aromatic carbocycles. The lowest BCUT2D eigenvalue weighted by Gasteiger charge is -2.25. The Morgan fingerprint density at radius 3 is 2.62 bits per heavy atom. The van der Waals surface area contributed by atoms with Crippen molar-refractivity contribution >= 4 is 27.2 Å². The summed E-state index contributed by atoms with van der Waals surface area (Å²) in [5, 5.41) is 0. The predicted molar refractivity (Wildman–Crippen MR) is 83.2 cm³/mol. The van der Waals surface area contributed by atoms with Crippen LogP contribution in [0.2, 0.25) is 0 Å². The van der Waals surface area contributed by atoms with Crippen LogP contribution in [0.3, 0.4) is 0 Å². The first-order valence-electron chi connectivity index (χ1n) is 6.32. The molecular weight excluding hydrogens is 315 g/mol. The Kier molecular flexibility index (Phi) is 5.80. The van der Waals surface area contributed by atoms with E-state index in [1.165, 1.54) is 12.1 Å². The minimum absolute atomic E-state index is 0.0382. The van der Waals surface area contributed by atoms with E-state index in [0.29, 0.717) is 6.61 Å². The van der Waals surface area contributed by atoms with Crippen molar-refractivity contribution in [2.24, 2.45) is 5.73 Å². The maximum atomic E-state index is 13.7. The van der Waals surface area contributed by atoms with E-state index in [1.807, 2.05) is 6.92 Å². The molecule has 0 amide bonds. The summed E-state index contributed by atoms with van der Waals surface area (Å²) in [5.41, 5.74) is 4.45. The monoisotopic (exact) mass is 334 g/mol. The Balaban J connectivity index is 3.10. The molecular formula is C13H19FN2O3S2. The third-order valence-corrected chi connectivity index (χ3v) is 4.38. The van der Waals surface area contributed by atoms with Gasteiger partial charge >= 0.3 is 0 Å². The highest BCUT2D eigenvalue weighted by atomic mass is 32.2. The largest absolute Gasteiger partial charge is 0.389 e. The second-order valence-corrected chi connectivity index (χ2v) is 7.17. The lowest BCUT2D eigenvalue weighted by atomic mass is 10.1. The number of thiocarbonyl (C=S) groups is 1. The number of hydrogen-bond donors (Lipinski definition) is 2. The van der Waals surface area contributed by atoms with Crippen LogP contribution in [-0.2, 0) is 14.8 Å². The predicted octanol–water partition coefficient (Wildman–Crippen LogP) is 1.55. The SMILES string of the molecule is CCOC(C)(C)CNS(=O)(=O)c1cccc(F)c1C(N)=S. The van der Waals surface area contributed by atoms with Gasteiger partial charge in [0.15, 0.2) is 0 Å². The smallest absolute Gasteiger partial charge is 0.241 e. The molecule has 0 heterocycles. The van der Waals surface area contributed by atoms with Crippen LogP contribution in [0.5, 0.6) is 0 Å². The quantitative estimate of drug-likeness (QED) is 0.740. The minimum Gasteiger partial charge on any atom is -0.389 e. The number of halogens is 1. The fourth-order valence-electron chi connectivity index (χ4n) is 1.76. The van der Waals surface area contributed by atoms with Crippen LogP contribution in [0.1, 0.15) is 26.3 Å². The van der Waals surface area contributed by atoms with Gasteiger partial charge in [0.2, 0.25) is 10.0 Å². The second kappa shape index (κ2) is 6.78. The van der Waals surface area contributed by atoms with Crippen LogP contribution in [0, 0.1) is 5.82 Å². The van der Waals surface area contributed by atoms with E-state index in [0.717, 1.165) is 6.07 Å². The zero-order chi connectivity index (χ0) is 16.3. The molecule has 0 aromatic heterocycles. The van der Waals surface area contributed by atoms with Gasteiger partial charge in [0.25, 0.3) is 0 Å². The van der Waals surface area contributed by atoms with Gasteiger partial charge in [-0.15, -0.1) is 0 Å². The molecule has 21 heavy (non-hydrogen) atoms. The van der Waals surface area contributed by atoms with Crippen LogP contribution in [-0.4, -0.2) is 32.2 Å². The van der Waals surface area contributed by atoms with E-state index < -0.39 is 21.4 Å². The summed E-state index contributed by atoms with van der Waals surface area (Å²) in [4.78, 5) is -0.583. The third kappa shape index (κ3) is 4.70. The summed E-state index contributed by atoms with van der Waals surface area (Å²) in [6, 6.07) is 3.66. The van der Waals surface area contributed by atoms with E-state index in [1.54, 1.807) is 13.8 Å². The summed E-state index contributed by atoms with van der Waals surface area (Å²) in [7, 11) is -3.95. The van der Waals surface area contributed by atoms with Crippen LogP contribution >= 0.6 is 12.2 Å². The van der Waals surface area contributed by atoms with Crippen molar-refractivity contribution in [3.8, 4) is 0 Å². The van der Waals surface area contributed by atoms with Crippen LogP contribution in [0.25, 0.3) is 0 Å². The number of ether oxygens (including phenoxy) is 1. The number of benzene rings is 1. The lowest BCUT2D eigenvalue weighted by Crippen LogP contribution is -2.41. The normalized spacial score (nSPS) is 12.4. The molecule has 118 valence electrons. The van der Waals surface area contributed by atoms with Crippen LogP contribution in [0.15, 0.2) is 23.1 Å². The Hall–Kier alpha value is -1.09. The number of sulfonamides is 1. The van der Waals surface area contributed by atoms with E-state index in [-0.39, 0.29) is 22.0 Å². The Morgan fingerprint density at radius 1 is 1.48 bits per heavy atom. The molecule has 8 heteroatoms. The first-order valence-corrected chi connectivity index (χ1v) is 8.22. The van der Waals surface area contributed by atoms with Crippen molar-refractivity contribution in [3.63, 3.8) is 0 Å². The summed E-state index contributed by atoms with van der Waals surface area (Å²) >= 11 is 4.73. The molecule has 3 N–H and O–H groups in total. The summed E-state index contributed by atoms with van der Waals surface area (Å²) in [6.07, 6.45) is 0. The van der Waals surface area contributed by atoms with Gasteiger partial charge < -0.3 is 10.5 Å². The average molecular weight is 334 g/mol. The maximum absolute atomic E-state index is 13.7. The topological polar surface area (TPSA) is 81.4 Å². The Labute approximate surface area is 129 Å². The van der Waals surface area contributed by atoms with Gasteiger partial charge in [0.1, 0.15) is 10.8 Å². The number of rotatable bonds is 7. The average Bonchev–Trinajstić information content (AvgIpc) is 2.36. The standard InChI is InChI=1S/C13H19FN2O3S2/c1-4-19-13(2,3)8-16-21(17,18)10-7-5-6-9(14)11(10)12(15)20/h5-7,16H,4,8H2,1-3H3,(H2,15,20). The minimum atomic E-state index is -3.95. The lowest BCUT2D eigenvalue weighted by molar-refractivity contribution is -0.00515.